The fraction of sp³-hybridized carbons (Fsp3) is 0. The molecule has 0 radical (unpaired) electrons. The third-order valence-electron chi connectivity index (χ3n) is 3.49. The van der Waals surface area contributed by atoms with Crippen LogP contribution in [-0.4, -0.2) is 19.5 Å². The van der Waals surface area contributed by atoms with E-state index in [4.69, 9.17) is 0 Å². The van der Waals surface area contributed by atoms with Crippen LogP contribution < -0.4 is 0 Å². The quantitative estimate of drug-likeness (QED) is 0.561. The first-order chi connectivity index (χ1) is 10.4. The summed E-state index contributed by atoms with van der Waals surface area (Å²) in [5.74, 6) is 0.880. The van der Waals surface area contributed by atoms with Crippen LogP contribution in [0.5, 0.6) is 0 Å². The third-order valence-corrected chi connectivity index (χ3v) is 3.49. The van der Waals surface area contributed by atoms with Crippen LogP contribution in [0.3, 0.4) is 0 Å². The van der Waals surface area contributed by atoms with Gasteiger partial charge < -0.3 is 0 Å². The molecule has 0 spiro atoms. The lowest BCUT2D eigenvalue weighted by Crippen LogP contribution is -1.95. The second-order valence-electron chi connectivity index (χ2n) is 4.77. The van der Waals surface area contributed by atoms with Crippen molar-refractivity contribution >= 4 is 10.9 Å². The molecule has 0 saturated heterocycles. The van der Waals surface area contributed by atoms with Gasteiger partial charge in [-0.15, -0.1) is 0 Å². The molecule has 100 valence electrons. The predicted octanol–water partition coefficient (Wildman–Crippen LogP) is 3.48. The molecular formula is C17H12N4. The van der Waals surface area contributed by atoms with Crippen LogP contribution >= 0.6 is 0 Å². The van der Waals surface area contributed by atoms with E-state index in [0.29, 0.717) is 0 Å². The Kier molecular flexibility index (Phi) is 2.71. The van der Waals surface area contributed by atoms with Gasteiger partial charge in [-0.05, 0) is 30.3 Å². The SMILES string of the molecule is c1cncc(-c2ccc(-n3ccc4ccncc43)nc2)c1. The highest BCUT2D eigenvalue weighted by atomic mass is 15.1. The Morgan fingerprint density at radius 1 is 0.762 bits per heavy atom. The fourth-order valence-electron chi connectivity index (χ4n) is 2.41. The van der Waals surface area contributed by atoms with E-state index in [9.17, 15) is 0 Å². The van der Waals surface area contributed by atoms with Gasteiger partial charge in [-0.1, -0.05) is 6.07 Å². The van der Waals surface area contributed by atoms with Crippen molar-refractivity contribution in [2.45, 2.75) is 0 Å². The van der Waals surface area contributed by atoms with Gasteiger partial charge in [0.05, 0.1) is 11.7 Å². The highest BCUT2D eigenvalue weighted by Gasteiger charge is 2.04. The molecule has 0 unspecified atom stereocenters. The standard InChI is InChI=1S/C17H12N4/c1-2-14(10-18-7-1)15-3-4-17(20-11-15)21-9-6-13-5-8-19-12-16(13)21/h1-12H. The average molecular weight is 272 g/mol. The first-order valence-corrected chi connectivity index (χ1v) is 6.70. The molecular weight excluding hydrogens is 260 g/mol. The molecule has 0 bridgehead atoms. The molecule has 0 fully saturated rings. The van der Waals surface area contributed by atoms with E-state index < -0.39 is 0 Å². The lowest BCUT2D eigenvalue weighted by Gasteiger charge is -2.06. The van der Waals surface area contributed by atoms with Gasteiger partial charge in [0.25, 0.3) is 0 Å². The van der Waals surface area contributed by atoms with Crippen LogP contribution in [0.4, 0.5) is 0 Å². The van der Waals surface area contributed by atoms with Gasteiger partial charge in [0, 0.05) is 47.5 Å². The summed E-state index contributed by atoms with van der Waals surface area (Å²) in [6.07, 6.45) is 11.1. The van der Waals surface area contributed by atoms with Crippen molar-refractivity contribution < 1.29 is 0 Å². The van der Waals surface area contributed by atoms with Crippen LogP contribution in [0, 0.1) is 0 Å². The highest BCUT2D eigenvalue weighted by molar-refractivity contribution is 5.80. The zero-order valence-electron chi connectivity index (χ0n) is 11.2. The summed E-state index contributed by atoms with van der Waals surface area (Å²) >= 11 is 0. The zero-order valence-corrected chi connectivity index (χ0v) is 11.2. The minimum Gasteiger partial charge on any atom is -0.300 e. The van der Waals surface area contributed by atoms with E-state index in [1.807, 2.05) is 53.6 Å². The van der Waals surface area contributed by atoms with Gasteiger partial charge >= 0.3 is 0 Å². The molecule has 4 aromatic heterocycles. The summed E-state index contributed by atoms with van der Waals surface area (Å²) in [6, 6.07) is 12.1. The Morgan fingerprint density at radius 2 is 1.67 bits per heavy atom. The molecule has 21 heavy (non-hydrogen) atoms. The number of rotatable bonds is 2. The molecule has 0 amide bonds. The molecule has 4 heterocycles. The number of nitrogens with zero attached hydrogens (tertiary/aromatic N) is 4. The number of hydrogen-bond acceptors (Lipinski definition) is 3. The second kappa shape index (κ2) is 4.83. The Labute approximate surface area is 121 Å². The first kappa shape index (κ1) is 11.8. The Morgan fingerprint density at radius 3 is 2.48 bits per heavy atom. The fourth-order valence-corrected chi connectivity index (χ4v) is 2.41. The molecule has 0 saturated carbocycles. The van der Waals surface area contributed by atoms with Gasteiger partial charge in [-0.2, -0.15) is 0 Å². The summed E-state index contributed by atoms with van der Waals surface area (Å²) in [7, 11) is 0. The van der Waals surface area contributed by atoms with Crippen LogP contribution in [0.2, 0.25) is 0 Å². The van der Waals surface area contributed by atoms with Crippen LogP contribution in [-0.2, 0) is 0 Å². The summed E-state index contributed by atoms with van der Waals surface area (Å²) < 4.78 is 2.04. The largest absolute Gasteiger partial charge is 0.300 e. The Hall–Kier alpha value is -3.01. The van der Waals surface area contributed by atoms with Crippen molar-refractivity contribution in [2.24, 2.45) is 0 Å². The van der Waals surface area contributed by atoms with Crippen molar-refractivity contribution in [2.75, 3.05) is 0 Å². The lowest BCUT2D eigenvalue weighted by molar-refractivity contribution is 1.04. The van der Waals surface area contributed by atoms with Crippen LogP contribution in [0.15, 0.2) is 73.6 Å². The zero-order chi connectivity index (χ0) is 14.1. The molecule has 4 heteroatoms. The number of hydrogen-bond donors (Lipinski definition) is 0. The van der Waals surface area contributed by atoms with Crippen molar-refractivity contribution in [1.29, 1.82) is 0 Å². The van der Waals surface area contributed by atoms with Gasteiger partial charge in [-0.25, -0.2) is 4.98 Å². The van der Waals surface area contributed by atoms with E-state index in [2.05, 4.69) is 27.1 Å². The Balaban J connectivity index is 1.77. The molecule has 0 aliphatic rings. The summed E-state index contributed by atoms with van der Waals surface area (Å²) in [5, 5.41) is 1.16. The molecule has 0 aromatic carbocycles. The maximum Gasteiger partial charge on any atom is 0.137 e. The van der Waals surface area contributed by atoms with E-state index in [1.165, 1.54) is 0 Å². The molecule has 4 nitrogen and oxygen atoms in total. The van der Waals surface area contributed by atoms with Crippen molar-refractivity contribution in [3.05, 3.63) is 73.6 Å². The van der Waals surface area contributed by atoms with Gasteiger partial charge in [0.1, 0.15) is 5.82 Å². The molecule has 4 aromatic rings. The minimum atomic E-state index is 0.880. The number of fused-ring (bicyclic) bond motifs is 1. The molecule has 4 rings (SSSR count). The van der Waals surface area contributed by atoms with Crippen molar-refractivity contribution in [3.63, 3.8) is 0 Å². The Bertz CT molecular complexity index is 879. The van der Waals surface area contributed by atoms with Crippen LogP contribution in [0.25, 0.3) is 27.8 Å². The lowest BCUT2D eigenvalue weighted by atomic mass is 10.1. The van der Waals surface area contributed by atoms with E-state index in [1.54, 1.807) is 12.4 Å². The molecule has 0 atom stereocenters. The predicted molar refractivity (Wildman–Crippen MR) is 82.1 cm³/mol. The first-order valence-electron chi connectivity index (χ1n) is 6.70. The van der Waals surface area contributed by atoms with Crippen LogP contribution in [0.1, 0.15) is 0 Å². The van der Waals surface area contributed by atoms with Crippen molar-refractivity contribution in [1.82, 2.24) is 19.5 Å². The number of pyridine rings is 3. The normalized spacial score (nSPS) is 10.9. The maximum absolute atomic E-state index is 4.56. The summed E-state index contributed by atoms with van der Waals surface area (Å²) in [4.78, 5) is 12.9. The second-order valence-corrected chi connectivity index (χ2v) is 4.77. The van der Waals surface area contributed by atoms with Gasteiger partial charge in [-0.3, -0.25) is 14.5 Å². The molecule has 0 N–H and O–H groups in total. The average Bonchev–Trinajstić information content (AvgIpc) is 3.00. The van der Waals surface area contributed by atoms with E-state index >= 15 is 0 Å². The molecule has 0 aliphatic heterocycles. The summed E-state index contributed by atoms with van der Waals surface area (Å²) in [6.45, 7) is 0. The van der Waals surface area contributed by atoms with E-state index in [-0.39, 0.29) is 0 Å². The monoisotopic (exact) mass is 272 g/mol. The molecule has 0 aliphatic carbocycles. The topological polar surface area (TPSA) is 43.6 Å². The maximum atomic E-state index is 4.56. The summed E-state index contributed by atoms with van der Waals surface area (Å²) in [5.41, 5.74) is 3.18. The van der Waals surface area contributed by atoms with E-state index in [0.717, 1.165) is 27.8 Å². The smallest absolute Gasteiger partial charge is 0.137 e. The van der Waals surface area contributed by atoms with Gasteiger partial charge in [0.2, 0.25) is 0 Å². The number of aromatic nitrogens is 4. The third kappa shape index (κ3) is 2.07. The van der Waals surface area contributed by atoms with Gasteiger partial charge in [0.15, 0.2) is 0 Å². The highest BCUT2D eigenvalue weighted by Crippen LogP contribution is 2.21. The minimum absolute atomic E-state index is 0.880. The van der Waals surface area contributed by atoms with Crippen molar-refractivity contribution in [3.8, 4) is 16.9 Å².